The molecule has 3 heteroatoms. The van der Waals surface area contributed by atoms with Crippen LogP contribution < -0.4 is 0 Å². The van der Waals surface area contributed by atoms with Gasteiger partial charge in [0, 0.05) is 37.9 Å². The minimum Gasteiger partial charge on any atom is -0.456 e. The summed E-state index contributed by atoms with van der Waals surface area (Å²) in [4.78, 5) is 0. The molecule has 19 aromatic carbocycles. The predicted octanol–water partition coefficient (Wildman–Crippen LogP) is 29.3. The molecule has 0 aliphatic carbocycles. The third kappa shape index (κ3) is 10.2. The highest BCUT2D eigenvalue weighted by Gasteiger charge is 2.25. The Kier molecular flexibility index (Phi) is 11.4. The van der Waals surface area contributed by atoms with Gasteiger partial charge in [0.25, 0.3) is 0 Å². The molecule has 3 aromatic heterocycles. The zero-order valence-electron chi connectivity index (χ0n) is 71.9. The molecule has 0 bridgehead atoms. The summed E-state index contributed by atoms with van der Waals surface area (Å²) in [5, 5.41) is 15.2. The third-order valence-electron chi connectivity index (χ3n) is 20.2. The van der Waals surface area contributed by atoms with E-state index >= 15 is 0 Å². The van der Waals surface area contributed by atoms with Crippen molar-refractivity contribution in [3.8, 4) is 77.9 Å². The van der Waals surface area contributed by atoms with Crippen LogP contribution in [0.2, 0.25) is 0 Å². The van der Waals surface area contributed by atoms with E-state index in [0.29, 0.717) is 71.5 Å². The van der Waals surface area contributed by atoms with E-state index in [9.17, 15) is 0 Å². The van der Waals surface area contributed by atoms with E-state index in [2.05, 4.69) is 84.9 Å². The van der Waals surface area contributed by atoms with Crippen LogP contribution in [0.4, 0.5) is 0 Å². The summed E-state index contributed by atoms with van der Waals surface area (Å²) in [5.41, 5.74) is 13.9. The number of hydrogen-bond acceptors (Lipinski definition) is 3. The van der Waals surface area contributed by atoms with Crippen LogP contribution in [0.3, 0.4) is 0 Å². The molecule has 490 valence electrons. The molecule has 0 aliphatic heterocycles. The normalized spacial score (nSPS) is 13.8. The third-order valence-corrected chi connectivity index (χ3v) is 20.2. The van der Waals surface area contributed by atoms with Crippen LogP contribution in [0.5, 0.6) is 0 Å². The van der Waals surface area contributed by atoms with E-state index in [0.717, 1.165) is 120 Å². The summed E-state index contributed by atoms with van der Waals surface area (Å²) in [5.74, 6) is 0. The van der Waals surface area contributed by atoms with Crippen LogP contribution in [-0.2, 0) is 0 Å². The van der Waals surface area contributed by atoms with Crippen LogP contribution in [0.25, 0.3) is 208 Å². The Hall–Kier alpha value is -13.9. The fraction of sp³-hybridized carbons (Fsp3) is 0. The molecule has 0 aliphatic rings. The largest absolute Gasteiger partial charge is 0.456 e. The maximum atomic E-state index is 9.11. The van der Waals surface area contributed by atoms with E-state index in [1.54, 1.807) is 6.07 Å². The van der Waals surface area contributed by atoms with Gasteiger partial charge >= 0.3 is 0 Å². The molecule has 0 saturated heterocycles. The SMILES string of the molecule is [2H]c1c([2H])c(-c2c3ccccc3c(-c3ccccc3)c3ccccc23)c2c(oc3ccccc32)c1[2H].[2H]c1c([2H])c([2H])c(-c2c3ccccc3c(-c3c([2H])c([2H])c([2H])c4oc5ccccc5c34)c3ccccc23)c([2H])c1[2H].[2H]c1c([2H])c([2H])c(-c2c3ccccc3c(-c3cccc4oc5c(-c6ccccc6)cccc5c34)c3ccccc23)c([2H])c1[2H]. The van der Waals surface area contributed by atoms with Crippen molar-refractivity contribution in [1.82, 2.24) is 0 Å². The molecule has 3 nitrogen and oxygen atoms in total. The van der Waals surface area contributed by atoms with Gasteiger partial charge < -0.3 is 13.3 Å². The first kappa shape index (κ1) is 46.5. The zero-order valence-corrected chi connectivity index (χ0v) is 55.9. The van der Waals surface area contributed by atoms with Gasteiger partial charge in [-0.3, -0.25) is 0 Å². The Morgan fingerprint density at radius 2 is 0.457 bits per heavy atom. The maximum absolute atomic E-state index is 9.11. The molecule has 0 unspecified atom stereocenters. The van der Waals surface area contributed by atoms with Gasteiger partial charge in [-0.1, -0.05) is 358 Å². The monoisotopic (exact) mass is 1350 g/mol. The summed E-state index contributed by atoms with van der Waals surface area (Å²) < 4.78 is 156. The van der Waals surface area contributed by atoms with Crippen molar-refractivity contribution in [2.24, 2.45) is 0 Å². The Bertz CT molecular complexity index is 7950. The molecule has 0 saturated carbocycles. The summed E-state index contributed by atoms with van der Waals surface area (Å²) in [6.07, 6.45) is 0. The van der Waals surface area contributed by atoms with Gasteiger partial charge in [0.1, 0.15) is 33.5 Å². The number of fused-ring (bicyclic) bond motifs is 15. The van der Waals surface area contributed by atoms with Crippen LogP contribution >= 0.6 is 0 Å². The molecular weight excluding hydrogens is 1270 g/mol. The summed E-state index contributed by atoms with van der Waals surface area (Å²) in [6, 6.07) is 91.2. The molecular formula is C102H64O3. The van der Waals surface area contributed by atoms with E-state index < -0.39 is 24.2 Å². The Morgan fingerprint density at radius 1 is 0.162 bits per heavy atom. The van der Waals surface area contributed by atoms with Gasteiger partial charge in [0.15, 0.2) is 0 Å². The fourth-order valence-corrected chi connectivity index (χ4v) is 15.9. The molecule has 22 aromatic rings. The van der Waals surface area contributed by atoms with Gasteiger partial charge in [0.2, 0.25) is 0 Å². The smallest absolute Gasteiger partial charge is 0.143 e. The lowest BCUT2D eigenvalue weighted by Gasteiger charge is -2.18. The predicted molar refractivity (Wildman–Crippen MR) is 444 cm³/mol. The Morgan fingerprint density at radius 3 is 0.867 bits per heavy atom. The van der Waals surface area contributed by atoms with Gasteiger partial charge in [0.05, 0.1) is 21.9 Å². The lowest BCUT2D eigenvalue weighted by Crippen LogP contribution is -1.91. The van der Waals surface area contributed by atoms with E-state index in [1.165, 1.54) is 0 Å². The highest BCUT2D eigenvalue weighted by Crippen LogP contribution is 2.51. The van der Waals surface area contributed by atoms with Crippen LogP contribution in [0, 0.1) is 0 Å². The summed E-state index contributed by atoms with van der Waals surface area (Å²) in [7, 11) is 0. The number of rotatable bonds is 7. The number of benzene rings is 19. The van der Waals surface area contributed by atoms with E-state index in [-0.39, 0.29) is 89.2 Å². The van der Waals surface area contributed by atoms with Crippen molar-refractivity contribution >= 4 is 130 Å². The molecule has 105 heavy (non-hydrogen) atoms. The van der Waals surface area contributed by atoms with Crippen molar-refractivity contribution in [3.63, 3.8) is 0 Å². The molecule has 3 heterocycles. The second-order valence-corrected chi connectivity index (χ2v) is 25.8. The molecule has 0 atom stereocenters. The number of furan rings is 3. The van der Waals surface area contributed by atoms with Gasteiger partial charge in [-0.25, -0.2) is 0 Å². The first-order valence-electron chi connectivity index (χ1n) is 42.7. The number of hydrogen-bond donors (Lipinski definition) is 0. The van der Waals surface area contributed by atoms with E-state index in [1.807, 2.05) is 200 Å². The summed E-state index contributed by atoms with van der Waals surface area (Å²) in [6.45, 7) is 0. The molecule has 0 spiro atoms. The summed E-state index contributed by atoms with van der Waals surface area (Å²) >= 11 is 0. The second kappa shape index (κ2) is 25.6. The van der Waals surface area contributed by atoms with Crippen molar-refractivity contribution in [2.75, 3.05) is 0 Å². The minimum absolute atomic E-state index is 0.0434. The average Bonchev–Trinajstić information content (AvgIpc) is 1.67. The van der Waals surface area contributed by atoms with Gasteiger partial charge in [-0.15, -0.1) is 0 Å². The van der Waals surface area contributed by atoms with Crippen LogP contribution in [-0.4, -0.2) is 0 Å². The topological polar surface area (TPSA) is 39.4 Å². The molecule has 0 N–H and O–H groups in total. The molecule has 0 fully saturated rings. The highest BCUT2D eigenvalue weighted by atomic mass is 16.3. The first-order valence-corrected chi connectivity index (χ1v) is 34.7. The van der Waals surface area contributed by atoms with Gasteiger partial charge in [-0.2, -0.15) is 0 Å². The first-order chi connectivity index (χ1) is 58.8. The fourth-order valence-electron chi connectivity index (χ4n) is 15.9. The van der Waals surface area contributed by atoms with Crippen molar-refractivity contribution in [1.29, 1.82) is 0 Å². The van der Waals surface area contributed by atoms with Gasteiger partial charge in [-0.05, 0) is 167 Å². The van der Waals surface area contributed by atoms with Crippen LogP contribution in [0.15, 0.2) is 401 Å². The standard InChI is InChI=1S/C38H24O.2C32H20O/c1-3-13-25(14-4-1)27-21-11-23-33-37-32(22-12-24-34(37)39-38(27)33)36-30-19-9-7-17-28(30)35(26-15-5-2-6-16-26)29-18-8-10-20-31(29)36;2*1-2-11-21(12-3-1)30-22-13-4-6-15-24(22)31(25-16-7-5-14-23(25)30)27-18-10-20-29-32(27)26-17-8-9-19-28(26)33-29/h1-24H;2*1-20H/i2D,5D,6D,15D,16D;1D,2D,3D,10D,11D,12D,18D,20D;10D,18D,20D. The molecule has 0 radical (unpaired) electrons. The second-order valence-electron chi connectivity index (χ2n) is 25.8. The highest BCUT2D eigenvalue weighted by molar-refractivity contribution is 6.29. The van der Waals surface area contributed by atoms with Crippen LogP contribution in [0.1, 0.15) is 21.9 Å². The zero-order chi connectivity index (χ0) is 83.2. The molecule has 22 rings (SSSR count). The lowest BCUT2D eigenvalue weighted by atomic mass is 9.85. The Labute approximate surface area is 628 Å². The van der Waals surface area contributed by atoms with Crippen molar-refractivity contribution in [2.45, 2.75) is 0 Å². The van der Waals surface area contributed by atoms with E-state index in [4.69, 9.17) is 35.2 Å². The minimum atomic E-state index is -0.458. The lowest BCUT2D eigenvalue weighted by molar-refractivity contribution is 0.668. The Balaban J connectivity index is 0.000000116. The maximum Gasteiger partial charge on any atom is 0.143 e. The number of para-hydroxylation sites is 3. The quantitative estimate of drug-likeness (QED) is 0.149. The molecule has 0 amide bonds. The van der Waals surface area contributed by atoms with Crippen molar-refractivity contribution < 1.29 is 35.2 Å². The van der Waals surface area contributed by atoms with Crippen molar-refractivity contribution in [3.05, 3.63) is 388 Å². The average molecular weight is 1350 g/mol.